The van der Waals surface area contributed by atoms with Gasteiger partial charge in [-0.15, -0.1) is 0 Å². The predicted molar refractivity (Wildman–Crippen MR) is 113 cm³/mol. The van der Waals surface area contributed by atoms with Gasteiger partial charge < -0.3 is 21.1 Å². The van der Waals surface area contributed by atoms with E-state index in [1.165, 1.54) is 4.90 Å². The highest BCUT2D eigenvalue weighted by Gasteiger charge is 2.33. The zero-order valence-electron chi connectivity index (χ0n) is 17.8. The molecular formula is C21H30N4O5. The Morgan fingerprint density at radius 1 is 1.17 bits per heavy atom. The van der Waals surface area contributed by atoms with Crippen LogP contribution in [0.3, 0.4) is 0 Å². The highest BCUT2D eigenvalue weighted by molar-refractivity contribution is 6.10. The van der Waals surface area contributed by atoms with Crippen molar-refractivity contribution in [2.45, 2.75) is 52.6 Å². The standard InChI is InChI=1S/C21H30N4O5/c1-5-13(4)18(19(27)23-15(20(28)29)10-12(2)3)24-21(30)25-11-17(26)22-14-8-6-7-9-16(14)25/h6-9,12-13,15,18H,5,10-11H2,1-4H3,(H,22,26)(H,23,27)(H,24,30)(H,28,29)/t13-,15+,18+/m1/s1. The maximum atomic E-state index is 13.0. The average molecular weight is 418 g/mol. The molecule has 1 aliphatic rings. The molecule has 2 rings (SSSR count). The van der Waals surface area contributed by atoms with Crippen LogP contribution in [0, 0.1) is 11.8 Å². The first-order valence-corrected chi connectivity index (χ1v) is 10.1. The van der Waals surface area contributed by atoms with Crippen LogP contribution in [0.2, 0.25) is 0 Å². The quantitative estimate of drug-likeness (QED) is 0.514. The van der Waals surface area contributed by atoms with E-state index in [2.05, 4.69) is 16.0 Å². The van der Waals surface area contributed by atoms with Crippen LogP contribution in [0.15, 0.2) is 24.3 Å². The number of fused-ring (bicyclic) bond motifs is 1. The number of carbonyl (C=O) groups is 4. The van der Waals surface area contributed by atoms with Crippen molar-refractivity contribution in [3.05, 3.63) is 24.3 Å². The average Bonchev–Trinajstić information content (AvgIpc) is 2.69. The van der Waals surface area contributed by atoms with Crippen LogP contribution < -0.4 is 20.9 Å². The number of anilines is 2. The van der Waals surface area contributed by atoms with Crippen molar-refractivity contribution in [1.29, 1.82) is 0 Å². The summed E-state index contributed by atoms with van der Waals surface area (Å²) in [6, 6.07) is 4.32. The van der Waals surface area contributed by atoms with Gasteiger partial charge in [0, 0.05) is 0 Å². The first-order chi connectivity index (χ1) is 14.1. The summed E-state index contributed by atoms with van der Waals surface area (Å²) in [6.45, 7) is 7.25. The molecular weight excluding hydrogens is 388 g/mol. The minimum Gasteiger partial charge on any atom is -0.480 e. The molecule has 30 heavy (non-hydrogen) atoms. The van der Waals surface area contributed by atoms with E-state index in [-0.39, 0.29) is 30.7 Å². The topological polar surface area (TPSA) is 128 Å². The summed E-state index contributed by atoms with van der Waals surface area (Å²) in [5.74, 6) is -2.17. The molecule has 0 radical (unpaired) electrons. The minimum atomic E-state index is -1.12. The zero-order valence-corrected chi connectivity index (χ0v) is 17.8. The van der Waals surface area contributed by atoms with Crippen molar-refractivity contribution in [1.82, 2.24) is 10.6 Å². The van der Waals surface area contributed by atoms with Crippen LogP contribution in [-0.2, 0) is 14.4 Å². The number of benzene rings is 1. The highest BCUT2D eigenvalue weighted by atomic mass is 16.4. The lowest BCUT2D eigenvalue weighted by molar-refractivity contribution is -0.142. The van der Waals surface area contributed by atoms with E-state index < -0.39 is 30.0 Å². The molecule has 1 aromatic rings. The van der Waals surface area contributed by atoms with Gasteiger partial charge in [-0.2, -0.15) is 0 Å². The van der Waals surface area contributed by atoms with Gasteiger partial charge in [-0.1, -0.05) is 46.2 Å². The van der Waals surface area contributed by atoms with Crippen LogP contribution in [0.1, 0.15) is 40.5 Å². The fourth-order valence-electron chi connectivity index (χ4n) is 3.28. The third-order valence-corrected chi connectivity index (χ3v) is 5.11. The molecule has 0 saturated heterocycles. The molecule has 0 unspecified atom stereocenters. The van der Waals surface area contributed by atoms with E-state index in [0.717, 1.165) is 0 Å². The molecule has 164 valence electrons. The van der Waals surface area contributed by atoms with Crippen molar-refractivity contribution in [3.8, 4) is 0 Å². The number of rotatable bonds is 8. The van der Waals surface area contributed by atoms with E-state index in [1.807, 2.05) is 20.8 Å². The summed E-state index contributed by atoms with van der Waals surface area (Å²) in [5.41, 5.74) is 1.04. The first-order valence-electron chi connectivity index (χ1n) is 10.1. The van der Waals surface area contributed by atoms with E-state index in [1.54, 1.807) is 31.2 Å². The lowest BCUT2D eigenvalue weighted by Crippen LogP contribution is -2.57. The number of urea groups is 1. The second kappa shape index (κ2) is 10.1. The Labute approximate surface area is 176 Å². The second-order valence-corrected chi connectivity index (χ2v) is 7.99. The van der Waals surface area contributed by atoms with Gasteiger partial charge in [-0.3, -0.25) is 14.5 Å². The number of amides is 4. The van der Waals surface area contributed by atoms with Crippen molar-refractivity contribution in [3.63, 3.8) is 0 Å². The molecule has 4 amide bonds. The molecule has 0 bridgehead atoms. The number of nitrogens with one attached hydrogen (secondary N) is 3. The molecule has 1 heterocycles. The SMILES string of the molecule is CC[C@@H](C)[C@H](NC(=O)N1CC(=O)Nc2ccccc21)C(=O)N[C@@H](CC(C)C)C(=O)O. The molecule has 1 aliphatic heterocycles. The number of aliphatic carboxylic acids is 1. The fourth-order valence-corrected chi connectivity index (χ4v) is 3.28. The Hall–Kier alpha value is -3.10. The number of hydrogen-bond acceptors (Lipinski definition) is 4. The van der Waals surface area contributed by atoms with Gasteiger partial charge in [0.05, 0.1) is 11.4 Å². The van der Waals surface area contributed by atoms with Gasteiger partial charge >= 0.3 is 12.0 Å². The summed E-state index contributed by atoms with van der Waals surface area (Å²) < 4.78 is 0. The summed E-state index contributed by atoms with van der Waals surface area (Å²) in [4.78, 5) is 50.7. The largest absolute Gasteiger partial charge is 0.480 e. The number of hydrogen-bond donors (Lipinski definition) is 4. The van der Waals surface area contributed by atoms with E-state index in [9.17, 15) is 24.3 Å². The molecule has 0 aromatic heterocycles. The molecule has 0 saturated carbocycles. The van der Waals surface area contributed by atoms with Gasteiger partial charge in [-0.05, 0) is 30.4 Å². The summed E-state index contributed by atoms with van der Waals surface area (Å²) in [6.07, 6.45) is 0.874. The molecule has 0 fully saturated rings. The Bertz CT molecular complexity index is 810. The number of carboxylic acids is 1. The molecule has 9 nitrogen and oxygen atoms in total. The smallest absolute Gasteiger partial charge is 0.326 e. The first kappa shape index (κ1) is 23.2. The van der Waals surface area contributed by atoms with E-state index in [4.69, 9.17) is 0 Å². The van der Waals surface area contributed by atoms with Crippen molar-refractivity contribution in [2.75, 3.05) is 16.8 Å². The molecule has 9 heteroatoms. The fraction of sp³-hybridized carbons (Fsp3) is 0.524. The third kappa shape index (κ3) is 5.71. The van der Waals surface area contributed by atoms with Gasteiger partial charge in [0.2, 0.25) is 11.8 Å². The van der Waals surface area contributed by atoms with Crippen molar-refractivity contribution >= 4 is 35.2 Å². The van der Waals surface area contributed by atoms with Crippen LogP contribution >= 0.6 is 0 Å². The lowest BCUT2D eigenvalue weighted by Gasteiger charge is -2.32. The predicted octanol–water partition coefficient (Wildman–Crippen LogP) is 2.18. The molecule has 0 spiro atoms. The Morgan fingerprint density at radius 2 is 1.83 bits per heavy atom. The molecule has 3 atom stereocenters. The maximum Gasteiger partial charge on any atom is 0.326 e. The highest BCUT2D eigenvalue weighted by Crippen LogP contribution is 2.29. The molecule has 1 aromatic carbocycles. The Morgan fingerprint density at radius 3 is 2.43 bits per heavy atom. The van der Waals surface area contributed by atoms with Gasteiger partial charge in [0.25, 0.3) is 0 Å². The maximum absolute atomic E-state index is 13.0. The van der Waals surface area contributed by atoms with Crippen LogP contribution in [0.25, 0.3) is 0 Å². The summed E-state index contributed by atoms with van der Waals surface area (Å²) in [7, 11) is 0. The number of nitrogens with zero attached hydrogens (tertiary/aromatic N) is 1. The Kier molecular flexibility index (Phi) is 7.79. The normalized spacial score (nSPS) is 16.2. The van der Waals surface area contributed by atoms with E-state index >= 15 is 0 Å². The van der Waals surface area contributed by atoms with Crippen molar-refractivity contribution in [2.24, 2.45) is 11.8 Å². The van der Waals surface area contributed by atoms with Crippen LogP contribution in [0.5, 0.6) is 0 Å². The van der Waals surface area contributed by atoms with Crippen LogP contribution in [-0.4, -0.2) is 47.5 Å². The summed E-state index contributed by atoms with van der Waals surface area (Å²) >= 11 is 0. The minimum absolute atomic E-state index is 0.0754. The molecule has 0 aliphatic carbocycles. The lowest BCUT2D eigenvalue weighted by atomic mass is 9.97. The van der Waals surface area contributed by atoms with Gasteiger partial charge in [-0.25, -0.2) is 9.59 Å². The zero-order chi connectivity index (χ0) is 22.4. The number of carbonyl (C=O) groups excluding carboxylic acids is 3. The third-order valence-electron chi connectivity index (χ3n) is 5.11. The number of carboxylic acid groups (broad SMARTS) is 1. The Balaban J connectivity index is 2.20. The summed E-state index contributed by atoms with van der Waals surface area (Å²) in [5, 5.41) is 17.4. The van der Waals surface area contributed by atoms with E-state index in [0.29, 0.717) is 17.8 Å². The van der Waals surface area contributed by atoms with Gasteiger partial charge in [0.1, 0.15) is 18.6 Å². The van der Waals surface area contributed by atoms with Gasteiger partial charge in [0.15, 0.2) is 0 Å². The van der Waals surface area contributed by atoms with Crippen LogP contribution in [0.4, 0.5) is 16.2 Å². The molecule has 4 N–H and O–H groups in total. The monoisotopic (exact) mass is 418 g/mol. The number of para-hydroxylation sites is 2. The second-order valence-electron chi connectivity index (χ2n) is 7.99. The van der Waals surface area contributed by atoms with Crippen molar-refractivity contribution < 1.29 is 24.3 Å².